The molecule has 0 radical (unpaired) electrons. The molecule has 0 saturated heterocycles. The largest absolute Gasteiger partial charge is 0.387 e. The predicted octanol–water partition coefficient (Wildman–Crippen LogP) is 4.96. The Morgan fingerprint density at radius 1 is 1.18 bits per heavy atom. The van der Waals surface area contributed by atoms with E-state index >= 15 is 0 Å². The van der Waals surface area contributed by atoms with E-state index in [2.05, 4.69) is 28.3 Å². The number of rotatable bonds is 4. The summed E-state index contributed by atoms with van der Waals surface area (Å²) < 4.78 is 1.79. The van der Waals surface area contributed by atoms with Gasteiger partial charge in [0.1, 0.15) is 4.83 Å². The molecule has 0 bridgehead atoms. The second-order valence-electron chi connectivity index (χ2n) is 8.31. The third-order valence-corrected chi connectivity index (χ3v) is 7.33. The summed E-state index contributed by atoms with van der Waals surface area (Å²) in [7, 11) is 1.91. The van der Waals surface area contributed by atoms with Gasteiger partial charge in [-0.2, -0.15) is 5.10 Å². The maximum absolute atomic E-state index is 10.8. The summed E-state index contributed by atoms with van der Waals surface area (Å²) in [6.07, 6.45) is 9.54. The van der Waals surface area contributed by atoms with Crippen molar-refractivity contribution in [2.45, 2.75) is 44.1 Å². The van der Waals surface area contributed by atoms with Gasteiger partial charge < -0.3 is 5.11 Å². The van der Waals surface area contributed by atoms with Crippen LogP contribution in [0.3, 0.4) is 0 Å². The fourth-order valence-corrected chi connectivity index (χ4v) is 5.39. The molecule has 5 nitrogen and oxygen atoms in total. The van der Waals surface area contributed by atoms with E-state index in [1.807, 2.05) is 19.4 Å². The van der Waals surface area contributed by atoms with Crippen LogP contribution >= 0.6 is 11.3 Å². The number of fused-ring (bicyclic) bond motifs is 2. The highest BCUT2D eigenvalue weighted by molar-refractivity contribution is 7.18. The van der Waals surface area contributed by atoms with Gasteiger partial charge in [-0.3, -0.25) is 4.68 Å². The molecule has 0 amide bonds. The summed E-state index contributed by atoms with van der Waals surface area (Å²) in [5.41, 5.74) is 4.14. The zero-order valence-electron chi connectivity index (χ0n) is 15.8. The van der Waals surface area contributed by atoms with Gasteiger partial charge in [-0.1, -0.05) is 6.42 Å². The maximum atomic E-state index is 10.8. The Morgan fingerprint density at radius 2 is 2.04 bits per heavy atom. The van der Waals surface area contributed by atoms with Gasteiger partial charge in [-0.15, -0.1) is 11.3 Å². The number of aliphatic hydroxyl groups is 1. The standard InChI is InChI=1S/C22H22N4OS/c1-26-11-15-7-14(10-23-21(15)25-26)18-8-16(12-5-6-12)17-9-19(28-22(17)24-18)20(27)13-3-2-4-13/h7-13,20,27H,2-6H2,1H3. The summed E-state index contributed by atoms with van der Waals surface area (Å²) in [6.45, 7) is 0. The van der Waals surface area contributed by atoms with Gasteiger partial charge in [0.05, 0.1) is 11.8 Å². The first kappa shape index (κ1) is 16.6. The van der Waals surface area contributed by atoms with Crippen molar-refractivity contribution in [3.05, 3.63) is 41.0 Å². The van der Waals surface area contributed by atoms with Crippen molar-refractivity contribution < 1.29 is 5.11 Å². The van der Waals surface area contributed by atoms with Crippen LogP contribution in [0, 0.1) is 5.92 Å². The fraction of sp³-hybridized carbons (Fsp3) is 0.409. The number of nitrogens with zero attached hydrogens (tertiary/aromatic N) is 4. The molecule has 0 spiro atoms. The smallest absolute Gasteiger partial charge is 0.181 e. The number of thiophene rings is 1. The predicted molar refractivity (Wildman–Crippen MR) is 111 cm³/mol. The van der Waals surface area contributed by atoms with E-state index in [9.17, 15) is 5.11 Å². The monoisotopic (exact) mass is 390 g/mol. The van der Waals surface area contributed by atoms with E-state index in [0.717, 1.165) is 44.8 Å². The lowest BCUT2D eigenvalue weighted by Crippen LogP contribution is -2.19. The molecular weight excluding hydrogens is 368 g/mol. The van der Waals surface area contributed by atoms with Crippen molar-refractivity contribution in [3.63, 3.8) is 0 Å². The Morgan fingerprint density at radius 3 is 2.79 bits per heavy atom. The Balaban J connectivity index is 1.48. The van der Waals surface area contributed by atoms with Gasteiger partial charge in [0.15, 0.2) is 5.65 Å². The first-order chi connectivity index (χ1) is 13.7. The molecule has 1 N–H and O–H groups in total. The van der Waals surface area contributed by atoms with E-state index < -0.39 is 0 Å². The van der Waals surface area contributed by atoms with Crippen LogP contribution in [0.5, 0.6) is 0 Å². The Kier molecular flexibility index (Phi) is 3.62. The van der Waals surface area contributed by atoms with Crippen molar-refractivity contribution >= 4 is 32.6 Å². The summed E-state index contributed by atoms with van der Waals surface area (Å²) >= 11 is 1.66. The van der Waals surface area contributed by atoms with Gasteiger partial charge in [-0.25, -0.2) is 9.97 Å². The van der Waals surface area contributed by atoms with Crippen molar-refractivity contribution in [2.75, 3.05) is 0 Å². The van der Waals surface area contributed by atoms with Crippen LogP contribution in [0.2, 0.25) is 0 Å². The molecule has 4 heterocycles. The molecule has 2 aliphatic rings. The van der Waals surface area contributed by atoms with Crippen LogP contribution in [-0.4, -0.2) is 24.9 Å². The van der Waals surface area contributed by atoms with E-state index in [1.165, 1.54) is 30.2 Å². The zero-order chi connectivity index (χ0) is 18.8. The van der Waals surface area contributed by atoms with Crippen LogP contribution < -0.4 is 0 Å². The minimum absolute atomic E-state index is 0.336. The van der Waals surface area contributed by atoms with Crippen molar-refractivity contribution in [1.82, 2.24) is 19.7 Å². The number of hydrogen-bond acceptors (Lipinski definition) is 5. The Labute approximate surface area is 167 Å². The molecule has 4 aromatic heterocycles. The molecule has 142 valence electrons. The highest BCUT2D eigenvalue weighted by Gasteiger charge is 2.31. The molecular formula is C22H22N4OS. The lowest BCUT2D eigenvalue weighted by Gasteiger charge is -2.29. The van der Waals surface area contributed by atoms with Crippen LogP contribution in [0.1, 0.15) is 54.6 Å². The van der Waals surface area contributed by atoms with Crippen LogP contribution in [0.15, 0.2) is 30.6 Å². The first-order valence-electron chi connectivity index (χ1n) is 10.1. The Hall–Kier alpha value is -2.31. The van der Waals surface area contributed by atoms with E-state index in [4.69, 9.17) is 4.98 Å². The molecule has 1 atom stereocenters. The second-order valence-corrected chi connectivity index (χ2v) is 9.38. The minimum atomic E-state index is -0.336. The number of aromatic nitrogens is 4. The zero-order valence-corrected chi connectivity index (χ0v) is 16.6. The van der Waals surface area contributed by atoms with Gasteiger partial charge >= 0.3 is 0 Å². The second kappa shape index (κ2) is 6.09. The molecule has 2 aliphatic carbocycles. The summed E-state index contributed by atoms with van der Waals surface area (Å²) in [6, 6.07) is 6.57. The van der Waals surface area contributed by atoms with Crippen LogP contribution in [0.4, 0.5) is 0 Å². The Bertz CT molecular complexity index is 1200. The van der Waals surface area contributed by atoms with Crippen LogP contribution in [-0.2, 0) is 7.05 Å². The SMILES string of the molecule is Cn1cc2cc(-c3cc(C4CC4)c4cc(C(O)C5CCC5)sc4n3)cnc2n1. The number of pyridine rings is 2. The summed E-state index contributed by atoms with van der Waals surface area (Å²) in [5.74, 6) is 1.05. The average molecular weight is 391 g/mol. The average Bonchev–Trinajstić information content (AvgIpc) is 3.27. The van der Waals surface area contributed by atoms with Crippen LogP contribution in [0.25, 0.3) is 32.5 Å². The lowest BCUT2D eigenvalue weighted by molar-refractivity contribution is 0.0650. The summed E-state index contributed by atoms with van der Waals surface area (Å²) in [4.78, 5) is 11.6. The lowest BCUT2D eigenvalue weighted by atomic mass is 9.80. The maximum Gasteiger partial charge on any atom is 0.181 e. The fourth-order valence-electron chi connectivity index (χ4n) is 4.24. The molecule has 2 fully saturated rings. The van der Waals surface area contributed by atoms with Crippen molar-refractivity contribution in [2.24, 2.45) is 13.0 Å². The normalized spacial score (nSPS) is 18.6. The minimum Gasteiger partial charge on any atom is -0.387 e. The van der Waals surface area contributed by atoms with E-state index in [1.54, 1.807) is 16.0 Å². The van der Waals surface area contributed by atoms with Crippen molar-refractivity contribution in [3.8, 4) is 11.3 Å². The summed E-state index contributed by atoms with van der Waals surface area (Å²) in [5, 5.41) is 17.4. The van der Waals surface area contributed by atoms with E-state index in [0.29, 0.717) is 11.8 Å². The molecule has 28 heavy (non-hydrogen) atoms. The molecule has 2 saturated carbocycles. The molecule has 0 aromatic carbocycles. The van der Waals surface area contributed by atoms with Gasteiger partial charge in [0.25, 0.3) is 0 Å². The quantitative estimate of drug-likeness (QED) is 0.535. The third-order valence-electron chi connectivity index (χ3n) is 6.23. The van der Waals surface area contributed by atoms with Gasteiger partial charge in [-0.05, 0) is 61.3 Å². The number of aliphatic hydroxyl groups excluding tert-OH is 1. The number of hydrogen-bond donors (Lipinski definition) is 1. The van der Waals surface area contributed by atoms with E-state index in [-0.39, 0.29) is 6.10 Å². The van der Waals surface area contributed by atoms with Gasteiger partial charge in [0.2, 0.25) is 0 Å². The third kappa shape index (κ3) is 2.66. The molecule has 6 heteroatoms. The van der Waals surface area contributed by atoms with Crippen molar-refractivity contribution in [1.29, 1.82) is 0 Å². The van der Waals surface area contributed by atoms with Gasteiger partial charge in [0, 0.05) is 40.7 Å². The molecule has 1 unspecified atom stereocenters. The molecule has 6 rings (SSSR count). The molecule has 4 aromatic rings. The topological polar surface area (TPSA) is 63.8 Å². The molecule has 0 aliphatic heterocycles. The first-order valence-corrected chi connectivity index (χ1v) is 10.9. The highest BCUT2D eigenvalue weighted by atomic mass is 32.1. The number of aryl methyl sites for hydroxylation is 1. The highest BCUT2D eigenvalue weighted by Crippen LogP contribution is 2.47.